The summed E-state index contributed by atoms with van der Waals surface area (Å²) >= 11 is 3.95. The maximum atomic E-state index is 3.95. The quantitative estimate of drug-likeness (QED) is 0.350. The largest absolute Gasteiger partial charge is 0.242 e. The monoisotopic (exact) mass is 105 g/mol. The van der Waals surface area contributed by atoms with Gasteiger partial charge in [0.05, 0.1) is 0 Å². The van der Waals surface area contributed by atoms with Crippen LogP contribution in [0.4, 0.5) is 0 Å². The molecule has 0 bridgehead atoms. The van der Waals surface area contributed by atoms with Crippen molar-refractivity contribution in [1.82, 2.24) is 15.4 Å². The van der Waals surface area contributed by atoms with E-state index in [0.717, 1.165) is 13.1 Å². The Labute approximate surface area is 42.2 Å². The van der Waals surface area contributed by atoms with E-state index in [0.29, 0.717) is 0 Å². The van der Waals surface area contributed by atoms with Crippen LogP contribution in [0.5, 0.6) is 0 Å². The van der Waals surface area contributed by atoms with E-state index in [1.165, 1.54) is 0 Å². The summed E-state index contributed by atoms with van der Waals surface area (Å²) in [6.07, 6.45) is 0. The van der Waals surface area contributed by atoms with Gasteiger partial charge in [0.15, 0.2) is 0 Å². The predicted molar refractivity (Wildman–Crippen MR) is 26.8 cm³/mol. The van der Waals surface area contributed by atoms with Crippen molar-refractivity contribution in [3.63, 3.8) is 0 Å². The highest BCUT2D eigenvalue weighted by molar-refractivity contribution is 7.77. The summed E-state index contributed by atoms with van der Waals surface area (Å²) in [5.74, 6) is 0. The average Bonchev–Trinajstić information content (AvgIpc) is 1.86. The number of hydrogen-bond donors (Lipinski definition) is 3. The highest BCUT2D eigenvalue weighted by Crippen LogP contribution is 1.86. The van der Waals surface area contributed by atoms with E-state index in [1.807, 2.05) is 0 Å². The molecule has 1 fully saturated rings. The van der Waals surface area contributed by atoms with Crippen LogP contribution in [0, 0.1) is 0 Å². The van der Waals surface area contributed by atoms with Gasteiger partial charge in [0.25, 0.3) is 0 Å². The topological polar surface area (TPSA) is 27.3 Å². The normalized spacial score (nSPS) is 25.5. The third-order valence-electron chi connectivity index (χ3n) is 0.657. The fourth-order valence-corrected chi connectivity index (χ4v) is 0.536. The van der Waals surface area contributed by atoms with Crippen molar-refractivity contribution < 1.29 is 0 Å². The minimum Gasteiger partial charge on any atom is -0.242 e. The lowest BCUT2D eigenvalue weighted by molar-refractivity contribution is 0.422. The molecule has 1 aliphatic rings. The molecule has 0 aromatic carbocycles. The molecule has 0 radical (unpaired) electrons. The molecule has 0 spiro atoms. The fourth-order valence-electron chi connectivity index (χ4n) is 0.365. The first kappa shape index (κ1) is 4.39. The van der Waals surface area contributed by atoms with Crippen LogP contribution in [0.15, 0.2) is 0 Å². The number of thiol groups is 1. The van der Waals surface area contributed by atoms with E-state index in [-0.39, 0.29) is 0 Å². The van der Waals surface area contributed by atoms with Gasteiger partial charge in [0.1, 0.15) is 0 Å². The molecule has 1 heterocycles. The SMILES string of the molecule is SN1CCNN1. The zero-order valence-corrected chi connectivity index (χ0v) is 4.20. The van der Waals surface area contributed by atoms with Crippen molar-refractivity contribution >= 4 is 12.8 Å². The summed E-state index contributed by atoms with van der Waals surface area (Å²) in [6, 6.07) is 0. The molecule has 0 saturated carbocycles. The van der Waals surface area contributed by atoms with Crippen LogP contribution < -0.4 is 11.0 Å². The van der Waals surface area contributed by atoms with Crippen molar-refractivity contribution in [3.05, 3.63) is 0 Å². The molecule has 0 aromatic heterocycles. The van der Waals surface area contributed by atoms with E-state index in [4.69, 9.17) is 0 Å². The molecule has 1 rings (SSSR count). The van der Waals surface area contributed by atoms with Gasteiger partial charge in [-0.05, 0) is 0 Å². The Hall–Kier alpha value is 0.230. The lowest BCUT2D eigenvalue weighted by atomic mass is 10.7. The third kappa shape index (κ3) is 0.844. The first-order valence-corrected chi connectivity index (χ1v) is 2.24. The minimum atomic E-state index is 0.961. The molecule has 0 aromatic rings. The number of hydrazine groups is 2. The van der Waals surface area contributed by atoms with Crippen molar-refractivity contribution in [2.45, 2.75) is 0 Å². The molecular weight excluding hydrogens is 98.1 g/mol. The summed E-state index contributed by atoms with van der Waals surface area (Å²) < 4.78 is 1.69. The van der Waals surface area contributed by atoms with Gasteiger partial charge in [-0.15, -0.1) is 0 Å². The van der Waals surface area contributed by atoms with Crippen molar-refractivity contribution in [1.29, 1.82) is 0 Å². The molecule has 1 aliphatic heterocycles. The Morgan fingerprint density at radius 3 is 2.67 bits per heavy atom. The highest BCUT2D eigenvalue weighted by Gasteiger charge is 2.01. The lowest BCUT2D eigenvalue weighted by Gasteiger charge is -1.99. The summed E-state index contributed by atoms with van der Waals surface area (Å²) in [4.78, 5) is 0. The second kappa shape index (κ2) is 1.79. The number of hydrogen-bond acceptors (Lipinski definition) is 4. The Bertz CT molecular complexity index is 42.1. The standard InChI is InChI=1S/C2H7N3S/c6-5-2-1-3-4-5/h3-4,6H,1-2H2. The predicted octanol–water partition coefficient (Wildman–Crippen LogP) is -0.844. The maximum Gasteiger partial charge on any atom is 0.0395 e. The van der Waals surface area contributed by atoms with Crippen LogP contribution in [-0.2, 0) is 0 Å². The number of nitrogens with zero attached hydrogens (tertiary/aromatic N) is 1. The van der Waals surface area contributed by atoms with Gasteiger partial charge in [0.2, 0.25) is 0 Å². The molecule has 1 saturated heterocycles. The smallest absolute Gasteiger partial charge is 0.0395 e. The maximum absolute atomic E-state index is 3.95. The summed E-state index contributed by atoms with van der Waals surface area (Å²) in [5, 5.41) is 0. The molecule has 6 heavy (non-hydrogen) atoms. The zero-order chi connectivity index (χ0) is 4.41. The average molecular weight is 105 g/mol. The summed E-state index contributed by atoms with van der Waals surface area (Å²) in [6.45, 7) is 1.94. The Balaban J connectivity index is 2.18. The number of rotatable bonds is 0. The highest BCUT2D eigenvalue weighted by atomic mass is 32.1. The summed E-state index contributed by atoms with van der Waals surface area (Å²) in [5.41, 5.74) is 5.64. The van der Waals surface area contributed by atoms with E-state index >= 15 is 0 Å². The van der Waals surface area contributed by atoms with Crippen LogP contribution in [0.25, 0.3) is 0 Å². The minimum absolute atomic E-state index is 0.961. The first-order valence-electron chi connectivity index (χ1n) is 1.84. The molecule has 0 aliphatic carbocycles. The van der Waals surface area contributed by atoms with E-state index in [2.05, 4.69) is 23.8 Å². The Morgan fingerprint density at radius 2 is 2.50 bits per heavy atom. The molecule has 36 valence electrons. The van der Waals surface area contributed by atoms with E-state index < -0.39 is 0 Å². The van der Waals surface area contributed by atoms with E-state index in [9.17, 15) is 0 Å². The summed E-state index contributed by atoms with van der Waals surface area (Å²) in [7, 11) is 0. The number of nitrogens with one attached hydrogen (secondary N) is 2. The lowest BCUT2D eigenvalue weighted by Crippen LogP contribution is -2.28. The van der Waals surface area contributed by atoms with Gasteiger partial charge in [-0.3, -0.25) is 0 Å². The molecule has 2 N–H and O–H groups in total. The van der Waals surface area contributed by atoms with Gasteiger partial charge >= 0.3 is 0 Å². The second-order valence-corrected chi connectivity index (χ2v) is 1.64. The molecule has 0 atom stereocenters. The van der Waals surface area contributed by atoms with Crippen LogP contribution in [-0.4, -0.2) is 17.5 Å². The molecule has 4 heteroatoms. The molecular formula is C2H7N3S. The van der Waals surface area contributed by atoms with Crippen LogP contribution in [0.2, 0.25) is 0 Å². The second-order valence-electron chi connectivity index (χ2n) is 1.16. The molecule has 0 amide bonds. The van der Waals surface area contributed by atoms with Crippen LogP contribution in [0.1, 0.15) is 0 Å². The van der Waals surface area contributed by atoms with Crippen molar-refractivity contribution in [2.75, 3.05) is 13.1 Å². The van der Waals surface area contributed by atoms with Crippen molar-refractivity contribution in [2.24, 2.45) is 0 Å². The van der Waals surface area contributed by atoms with Crippen LogP contribution in [0.3, 0.4) is 0 Å². The van der Waals surface area contributed by atoms with Crippen molar-refractivity contribution in [3.8, 4) is 0 Å². The van der Waals surface area contributed by atoms with Gasteiger partial charge in [-0.1, -0.05) is 12.8 Å². The Morgan fingerprint density at radius 1 is 1.67 bits per heavy atom. The Kier molecular flexibility index (Phi) is 1.31. The van der Waals surface area contributed by atoms with Gasteiger partial charge in [-0.25, -0.2) is 5.43 Å². The molecule has 0 unspecified atom stereocenters. The zero-order valence-electron chi connectivity index (χ0n) is 3.31. The van der Waals surface area contributed by atoms with E-state index in [1.54, 1.807) is 4.41 Å². The third-order valence-corrected chi connectivity index (χ3v) is 0.957. The molecule has 3 nitrogen and oxygen atoms in total. The fraction of sp³-hybridized carbons (Fsp3) is 1.00. The first-order chi connectivity index (χ1) is 2.89. The van der Waals surface area contributed by atoms with Gasteiger partial charge in [0, 0.05) is 13.1 Å². The van der Waals surface area contributed by atoms with Gasteiger partial charge < -0.3 is 0 Å². The van der Waals surface area contributed by atoms with Gasteiger partial charge in [-0.2, -0.15) is 9.95 Å². The van der Waals surface area contributed by atoms with Crippen LogP contribution >= 0.6 is 12.8 Å².